The van der Waals surface area contributed by atoms with Crippen molar-refractivity contribution < 1.29 is 23.9 Å². The van der Waals surface area contributed by atoms with E-state index in [1.807, 2.05) is 18.4 Å². The molecule has 31 heavy (non-hydrogen) atoms. The molecule has 0 bridgehead atoms. The highest BCUT2D eigenvalue weighted by Crippen LogP contribution is 2.22. The summed E-state index contributed by atoms with van der Waals surface area (Å²) in [6.45, 7) is 3.90. The third kappa shape index (κ3) is 5.23. The van der Waals surface area contributed by atoms with E-state index >= 15 is 0 Å². The smallest absolute Gasteiger partial charge is 0.338 e. The molecule has 0 aliphatic heterocycles. The Balaban J connectivity index is 2.13. The van der Waals surface area contributed by atoms with Gasteiger partial charge in [0.25, 0.3) is 5.91 Å². The van der Waals surface area contributed by atoms with Gasteiger partial charge in [-0.15, -0.1) is 11.8 Å². The quantitative estimate of drug-likeness (QED) is 0.394. The van der Waals surface area contributed by atoms with Crippen molar-refractivity contribution >= 4 is 51.2 Å². The van der Waals surface area contributed by atoms with Gasteiger partial charge in [0.1, 0.15) is 6.54 Å². The van der Waals surface area contributed by atoms with Crippen LogP contribution in [-0.4, -0.2) is 41.9 Å². The van der Waals surface area contributed by atoms with Gasteiger partial charge in [0.05, 0.1) is 34.6 Å². The Bertz CT molecular complexity index is 1200. The van der Waals surface area contributed by atoms with Gasteiger partial charge in [0, 0.05) is 4.90 Å². The number of hydrogen-bond acceptors (Lipinski definition) is 7. The summed E-state index contributed by atoms with van der Waals surface area (Å²) in [6.07, 6.45) is 1.89. The third-order valence-corrected chi connectivity index (χ3v) is 6.16. The van der Waals surface area contributed by atoms with E-state index in [0.29, 0.717) is 26.1 Å². The first-order valence-electron chi connectivity index (χ1n) is 9.66. The average molecular weight is 459 g/mol. The zero-order valence-corrected chi connectivity index (χ0v) is 19.0. The fourth-order valence-corrected chi connectivity index (χ4v) is 4.61. The van der Waals surface area contributed by atoms with E-state index in [1.165, 1.54) is 23.1 Å². The van der Waals surface area contributed by atoms with E-state index in [2.05, 4.69) is 4.99 Å². The lowest BCUT2D eigenvalue weighted by atomic mass is 10.2. The van der Waals surface area contributed by atoms with Gasteiger partial charge >= 0.3 is 11.9 Å². The summed E-state index contributed by atoms with van der Waals surface area (Å²) in [6, 6.07) is 12.3. The van der Waals surface area contributed by atoms with Crippen LogP contribution >= 0.6 is 23.1 Å². The second kappa shape index (κ2) is 10.4. The molecule has 1 aromatic heterocycles. The van der Waals surface area contributed by atoms with Crippen LogP contribution in [0.2, 0.25) is 0 Å². The molecular formula is C22H22N2O5S2. The molecule has 0 spiro atoms. The van der Waals surface area contributed by atoms with Crippen LogP contribution in [-0.2, 0) is 20.8 Å². The van der Waals surface area contributed by atoms with Gasteiger partial charge in [-0.1, -0.05) is 23.5 Å². The molecule has 162 valence electrons. The number of hydrogen-bond donors (Lipinski definition) is 0. The van der Waals surface area contributed by atoms with Gasteiger partial charge in [0.2, 0.25) is 0 Å². The molecule has 9 heteroatoms. The van der Waals surface area contributed by atoms with Gasteiger partial charge in [-0.2, -0.15) is 4.99 Å². The van der Waals surface area contributed by atoms with Crippen LogP contribution in [0, 0.1) is 0 Å². The predicted octanol–water partition coefficient (Wildman–Crippen LogP) is 3.91. The fourth-order valence-electron chi connectivity index (χ4n) is 2.96. The zero-order valence-electron chi connectivity index (χ0n) is 17.4. The molecule has 0 radical (unpaired) electrons. The summed E-state index contributed by atoms with van der Waals surface area (Å²) in [4.78, 5) is 42.7. The lowest BCUT2D eigenvalue weighted by molar-refractivity contribution is -0.143. The number of thiazole rings is 1. The third-order valence-electron chi connectivity index (χ3n) is 4.32. The fraction of sp³-hybridized carbons (Fsp3) is 0.273. The largest absolute Gasteiger partial charge is 0.465 e. The summed E-state index contributed by atoms with van der Waals surface area (Å²) < 4.78 is 12.5. The SMILES string of the molecule is CCOC(=O)Cn1c(=NC(=O)c2ccccc2SC)sc2cc(C(=O)OCC)ccc21. The normalized spacial score (nSPS) is 11.5. The van der Waals surface area contributed by atoms with Gasteiger partial charge < -0.3 is 14.0 Å². The second-order valence-electron chi connectivity index (χ2n) is 6.30. The lowest BCUT2D eigenvalue weighted by Crippen LogP contribution is -2.23. The summed E-state index contributed by atoms with van der Waals surface area (Å²) in [5, 5.41) is 0. The van der Waals surface area contributed by atoms with Crippen LogP contribution in [0.1, 0.15) is 34.6 Å². The molecule has 0 saturated carbocycles. The minimum atomic E-state index is -0.435. The van der Waals surface area contributed by atoms with E-state index in [1.54, 1.807) is 48.7 Å². The van der Waals surface area contributed by atoms with Crippen molar-refractivity contribution in [1.82, 2.24) is 4.57 Å². The highest BCUT2D eigenvalue weighted by atomic mass is 32.2. The minimum Gasteiger partial charge on any atom is -0.465 e. The number of rotatable bonds is 7. The van der Waals surface area contributed by atoms with Crippen LogP contribution in [0.15, 0.2) is 52.4 Å². The molecule has 0 N–H and O–H groups in total. The summed E-state index contributed by atoms with van der Waals surface area (Å²) in [5.74, 6) is -1.27. The van der Waals surface area contributed by atoms with Crippen molar-refractivity contribution in [2.75, 3.05) is 19.5 Å². The van der Waals surface area contributed by atoms with Crippen LogP contribution < -0.4 is 4.80 Å². The molecular weight excluding hydrogens is 436 g/mol. The van der Waals surface area contributed by atoms with Crippen LogP contribution in [0.5, 0.6) is 0 Å². The van der Waals surface area contributed by atoms with Gasteiger partial charge in [-0.3, -0.25) is 9.59 Å². The molecule has 3 rings (SSSR count). The first-order chi connectivity index (χ1) is 15.0. The highest BCUT2D eigenvalue weighted by molar-refractivity contribution is 7.98. The van der Waals surface area contributed by atoms with Gasteiger partial charge in [-0.05, 0) is 50.4 Å². The van der Waals surface area contributed by atoms with Crippen LogP contribution in [0.3, 0.4) is 0 Å². The Morgan fingerprint density at radius 1 is 1.06 bits per heavy atom. The van der Waals surface area contributed by atoms with E-state index < -0.39 is 17.8 Å². The Labute approximate surface area is 187 Å². The van der Waals surface area contributed by atoms with E-state index in [-0.39, 0.29) is 19.8 Å². The number of esters is 2. The molecule has 1 heterocycles. The number of nitrogens with zero attached hydrogens (tertiary/aromatic N) is 2. The van der Waals surface area contributed by atoms with E-state index in [9.17, 15) is 14.4 Å². The summed E-state index contributed by atoms with van der Waals surface area (Å²) in [7, 11) is 0. The number of amides is 1. The number of fused-ring (bicyclic) bond motifs is 1. The maximum absolute atomic E-state index is 12.9. The maximum Gasteiger partial charge on any atom is 0.338 e. The Kier molecular flexibility index (Phi) is 7.64. The Hall–Kier alpha value is -2.91. The van der Waals surface area contributed by atoms with E-state index in [0.717, 1.165) is 4.90 Å². The molecule has 0 atom stereocenters. The van der Waals surface area contributed by atoms with Crippen molar-refractivity contribution in [2.24, 2.45) is 4.99 Å². The molecule has 0 fully saturated rings. The molecule has 7 nitrogen and oxygen atoms in total. The molecule has 2 aromatic carbocycles. The monoisotopic (exact) mass is 458 g/mol. The zero-order chi connectivity index (χ0) is 22.4. The Morgan fingerprint density at radius 2 is 1.81 bits per heavy atom. The first kappa shape index (κ1) is 22.8. The maximum atomic E-state index is 12.9. The van der Waals surface area contributed by atoms with Crippen LogP contribution in [0.25, 0.3) is 10.2 Å². The number of carbonyl (C=O) groups is 3. The van der Waals surface area contributed by atoms with Crippen molar-refractivity contribution in [3.8, 4) is 0 Å². The molecule has 0 unspecified atom stereocenters. The molecule has 0 aliphatic rings. The predicted molar refractivity (Wildman–Crippen MR) is 121 cm³/mol. The number of carbonyl (C=O) groups excluding carboxylic acids is 3. The van der Waals surface area contributed by atoms with E-state index in [4.69, 9.17) is 9.47 Å². The summed E-state index contributed by atoms with van der Waals surface area (Å²) in [5.41, 5.74) is 1.56. The summed E-state index contributed by atoms with van der Waals surface area (Å²) >= 11 is 2.68. The standard InChI is InChI=1S/C22H22N2O5S2/c1-4-28-19(25)13-24-16-11-10-14(21(27)29-5-2)12-18(16)31-22(24)23-20(26)15-8-6-7-9-17(15)30-3/h6-12H,4-5,13H2,1-3H3. The lowest BCUT2D eigenvalue weighted by Gasteiger charge is -2.06. The number of ether oxygens (including phenoxy) is 2. The van der Waals surface area contributed by atoms with Crippen molar-refractivity contribution in [1.29, 1.82) is 0 Å². The van der Waals surface area contributed by atoms with Crippen molar-refractivity contribution in [2.45, 2.75) is 25.3 Å². The van der Waals surface area contributed by atoms with Crippen molar-refractivity contribution in [3.63, 3.8) is 0 Å². The van der Waals surface area contributed by atoms with Crippen molar-refractivity contribution in [3.05, 3.63) is 58.4 Å². The molecule has 0 aliphatic carbocycles. The topological polar surface area (TPSA) is 87.0 Å². The van der Waals surface area contributed by atoms with Crippen LogP contribution in [0.4, 0.5) is 0 Å². The van der Waals surface area contributed by atoms with Gasteiger partial charge in [-0.25, -0.2) is 4.79 Å². The minimum absolute atomic E-state index is 0.0944. The number of aromatic nitrogens is 1. The molecule has 1 amide bonds. The number of benzene rings is 2. The average Bonchev–Trinajstić information content (AvgIpc) is 3.09. The molecule has 3 aromatic rings. The van der Waals surface area contributed by atoms with Gasteiger partial charge in [0.15, 0.2) is 4.80 Å². The Morgan fingerprint density at radius 3 is 2.52 bits per heavy atom. The number of thioether (sulfide) groups is 1. The second-order valence-corrected chi connectivity index (χ2v) is 8.15. The molecule has 0 saturated heterocycles. The first-order valence-corrected chi connectivity index (χ1v) is 11.7. The highest BCUT2D eigenvalue weighted by Gasteiger charge is 2.16.